The monoisotopic (exact) mass is 335 g/mol. The zero-order valence-corrected chi connectivity index (χ0v) is 13.3. The summed E-state index contributed by atoms with van der Waals surface area (Å²) in [5, 5.41) is 22.3. The summed E-state index contributed by atoms with van der Waals surface area (Å²) in [6, 6.07) is 5.05. The van der Waals surface area contributed by atoms with Crippen LogP contribution in [0, 0.1) is 0 Å². The number of nitrogens with zero attached hydrogens (tertiary/aromatic N) is 1. The maximum Gasteiger partial charge on any atom is 0.202 e. The van der Waals surface area contributed by atoms with Gasteiger partial charge >= 0.3 is 0 Å². The lowest BCUT2D eigenvalue weighted by atomic mass is 9.86. The van der Waals surface area contributed by atoms with Gasteiger partial charge in [-0.2, -0.15) is 0 Å². The van der Waals surface area contributed by atoms with Crippen molar-refractivity contribution in [3.05, 3.63) is 51.5 Å². The Balaban J connectivity index is 1.95. The minimum atomic E-state index is 0.104. The van der Waals surface area contributed by atoms with Crippen LogP contribution >= 0.6 is 23.2 Å². The molecule has 1 heterocycles. The average molecular weight is 336 g/mol. The van der Waals surface area contributed by atoms with Crippen molar-refractivity contribution < 1.29 is 10.2 Å². The van der Waals surface area contributed by atoms with Gasteiger partial charge in [0, 0.05) is 23.0 Å². The molecule has 22 heavy (non-hydrogen) atoms. The summed E-state index contributed by atoms with van der Waals surface area (Å²) < 4.78 is 1.46. The molecule has 2 aromatic rings. The second-order valence-electron chi connectivity index (χ2n) is 5.94. The van der Waals surface area contributed by atoms with E-state index in [1.54, 1.807) is 18.2 Å². The molecule has 0 fully saturated rings. The van der Waals surface area contributed by atoms with Gasteiger partial charge in [0.15, 0.2) is 0 Å². The van der Waals surface area contributed by atoms with Crippen molar-refractivity contribution in [3.8, 4) is 17.4 Å². The Morgan fingerprint density at radius 1 is 0.909 bits per heavy atom. The van der Waals surface area contributed by atoms with Crippen LogP contribution in [0.3, 0.4) is 0 Å². The molecule has 0 saturated heterocycles. The number of hydrogen-bond acceptors (Lipinski definition) is 2. The fourth-order valence-corrected chi connectivity index (χ4v) is 3.97. The van der Waals surface area contributed by atoms with E-state index in [0.717, 1.165) is 30.4 Å². The first-order valence-corrected chi connectivity index (χ1v) is 8.13. The molecule has 2 atom stereocenters. The Bertz CT molecular complexity index is 757. The quantitative estimate of drug-likeness (QED) is 0.710. The summed E-state index contributed by atoms with van der Waals surface area (Å²) in [7, 11) is 0. The molecule has 1 aromatic heterocycles. The van der Waals surface area contributed by atoms with E-state index in [2.05, 4.69) is 12.2 Å². The van der Waals surface area contributed by atoms with Crippen molar-refractivity contribution in [2.75, 3.05) is 0 Å². The number of aromatic hydroxyl groups is 2. The summed E-state index contributed by atoms with van der Waals surface area (Å²) in [5.74, 6) is 0.548. The smallest absolute Gasteiger partial charge is 0.202 e. The van der Waals surface area contributed by atoms with Gasteiger partial charge < -0.3 is 10.2 Å². The molecule has 2 bridgehead atoms. The highest BCUT2D eigenvalue weighted by Crippen LogP contribution is 2.52. The number of rotatable bonds is 1. The number of halogens is 2. The molecule has 5 heteroatoms. The van der Waals surface area contributed by atoms with Gasteiger partial charge in [-0.3, -0.25) is 4.57 Å². The van der Waals surface area contributed by atoms with E-state index in [-0.39, 0.29) is 23.6 Å². The Labute approximate surface area is 138 Å². The molecule has 0 saturated carbocycles. The first-order valence-electron chi connectivity index (χ1n) is 7.38. The minimum absolute atomic E-state index is 0.104. The van der Waals surface area contributed by atoms with E-state index in [1.165, 1.54) is 4.57 Å². The number of hydrogen-bond donors (Lipinski definition) is 2. The van der Waals surface area contributed by atoms with Crippen molar-refractivity contribution in [1.29, 1.82) is 0 Å². The molecule has 114 valence electrons. The number of aromatic nitrogens is 1. The third-order valence-electron chi connectivity index (χ3n) is 4.70. The van der Waals surface area contributed by atoms with Crippen molar-refractivity contribution in [2.24, 2.45) is 0 Å². The van der Waals surface area contributed by atoms with Gasteiger partial charge in [-0.15, -0.1) is 0 Å². The summed E-state index contributed by atoms with van der Waals surface area (Å²) in [6.45, 7) is 0. The Morgan fingerprint density at radius 2 is 1.50 bits per heavy atom. The largest absolute Gasteiger partial charge is 0.494 e. The molecule has 2 N–H and O–H groups in total. The van der Waals surface area contributed by atoms with Crippen LogP contribution in [0.1, 0.15) is 42.2 Å². The molecule has 0 spiro atoms. The zero-order chi connectivity index (χ0) is 15.4. The summed E-state index contributed by atoms with van der Waals surface area (Å²) in [5.41, 5.74) is 2.32. The number of benzene rings is 1. The molecule has 5 rings (SSSR count). The first-order chi connectivity index (χ1) is 10.6. The van der Waals surface area contributed by atoms with Crippen LogP contribution in [0.4, 0.5) is 0 Å². The van der Waals surface area contributed by atoms with Gasteiger partial charge in [0.05, 0.1) is 15.7 Å². The van der Waals surface area contributed by atoms with Gasteiger partial charge in [0.25, 0.3) is 0 Å². The van der Waals surface area contributed by atoms with Gasteiger partial charge in [0.1, 0.15) is 0 Å². The summed E-state index contributed by atoms with van der Waals surface area (Å²) >= 11 is 12.0. The van der Waals surface area contributed by atoms with Crippen LogP contribution in [0.15, 0.2) is 30.4 Å². The van der Waals surface area contributed by atoms with Crippen molar-refractivity contribution >= 4 is 23.2 Å². The van der Waals surface area contributed by atoms with E-state index >= 15 is 0 Å². The van der Waals surface area contributed by atoms with Crippen molar-refractivity contribution in [1.82, 2.24) is 4.57 Å². The fourth-order valence-electron chi connectivity index (χ4n) is 3.68. The molecular weight excluding hydrogens is 321 g/mol. The number of fused-ring (bicyclic) bond motifs is 2. The Morgan fingerprint density at radius 3 is 2.05 bits per heavy atom. The lowest BCUT2D eigenvalue weighted by Gasteiger charge is -2.17. The number of allylic oxidation sites excluding steroid dienone is 2. The Hall–Kier alpha value is -1.58. The van der Waals surface area contributed by atoms with Gasteiger partial charge in [-0.25, -0.2) is 0 Å². The standard InChI is InChI=1S/C17H15Cl2NO2/c18-12-7-6-11(8-13(12)19)20-16(21)14-9-2-1-3-10(5-4-9)15(14)17(20)22/h4-10,21-22H,1-3H2/t9-,10+. The van der Waals surface area contributed by atoms with Gasteiger partial charge in [0.2, 0.25) is 11.8 Å². The molecule has 3 aliphatic carbocycles. The fraction of sp³-hybridized carbons (Fsp3) is 0.294. The average Bonchev–Trinajstić information content (AvgIpc) is 2.71. The second-order valence-corrected chi connectivity index (χ2v) is 6.75. The molecule has 3 aliphatic rings. The lowest BCUT2D eigenvalue weighted by Crippen LogP contribution is -2.02. The second kappa shape index (κ2) is 4.97. The van der Waals surface area contributed by atoms with E-state index < -0.39 is 0 Å². The SMILES string of the molecule is Oc1c2c(c(O)n1-c1ccc(Cl)c(Cl)c1)[C@H]1C=C[C@@H]2CCC1. The molecule has 0 unspecified atom stereocenters. The third-order valence-corrected chi connectivity index (χ3v) is 5.44. The van der Waals surface area contributed by atoms with Crippen LogP contribution < -0.4 is 0 Å². The highest BCUT2D eigenvalue weighted by atomic mass is 35.5. The van der Waals surface area contributed by atoms with Gasteiger partial charge in [-0.1, -0.05) is 41.8 Å². The van der Waals surface area contributed by atoms with E-state index in [4.69, 9.17) is 23.2 Å². The van der Waals surface area contributed by atoms with E-state index in [9.17, 15) is 10.2 Å². The van der Waals surface area contributed by atoms with Crippen LogP contribution in [-0.4, -0.2) is 14.8 Å². The van der Waals surface area contributed by atoms with Crippen LogP contribution in [0.5, 0.6) is 11.8 Å². The van der Waals surface area contributed by atoms with Crippen LogP contribution in [0.25, 0.3) is 5.69 Å². The highest BCUT2D eigenvalue weighted by molar-refractivity contribution is 6.42. The normalized spacial score (nSPS) is 22.6. The Kier molecular flexibility index (Phi) is 3.17. The molecule has 3 nitrogen and oxygen atoms in total. The maximum absolute atomic E-state index is 10.7. The third kappa shape index (κ3) is 1.89. The minimum Gasteiger partial charge on any atom is -0.494 e. The molecular formula is C17H15Cl2NO2. The topological polar surface area (TPSA) is 45.4 Å². The molecule has 0 radical (unpaired) electrons. The van der Waals surface area contributed by atoms with E-state index in [1.807, 2.05) is 0 Å². The van der Waals surface area contributed by atoms with Crippen molar-refractivity contribution in [3.63, 3.8) is 0 Å². The zero-order valence-electron chi connectivity index (χ0n) is 11.8. The van der Waals surface area contributed by atoms with Crippen molar-refractivity contribution in [2.45, 2.75) is 31.1 Å². The summed E-state index contributed by atoms with van der Waals surface area (Å²) in [4.78, 5) is 0. The lowest BCUT2D eigenvalue weighted by molar-refractivity contribution is 0.396. The molecule has 0 amide bonds. The molecule has 1 aromatic carbocycles. The highest BCUT2D eigenvalue weighted by Gasteiger charge is 2.36. The maximum atomic E-state index is 10.7. The first kappa shape index (κ1) is 14.0. The van der Waals surface area contributed by atoms with Crippen LogP contribution in [0.2, 0.25) is 10.0 Å². The van der Waals surface area contributed by atoms with Crippen LogP contribution in [-0.2, 0) is 0 Å². The van der Waals surface area contributed by atoms with Gasteiger partial charge in [-0.05, 0) is 31.0 Å². The van der Waals surface area contributed by atoms with E-state index in [0.29, 0.717) is 15.7 Å². The summed E-state index contributed by atoms with van der Waals surface area (Å²) in [6.07, 6.45) is 7.40. The molecule has 0 aliphatic heterocycles. The predicted octanol–water partition coefficient (Wildman–Crippen LogP) is 5.12. The predicted molar refractivity (Wildman–Crippen MR) is 87.6 cm³/mol.